The van der Waals surface area contributed by atoms with Gasteiger partial charge in [0.1, 0.15) is 6.26 Å². The number of piperidine rings is 1. The molecule has 1 atom stereocenters. The van der Waals surface area contributed by atoms with E-state index < -0.39 is 0 Å². The third kappa shape index (κ3) is 2.31. The normalized spacial score (nSPS) is 19.9. The lowest BCUT2D eigenvalue weighted by atomic mass is 9.97. The molecule has 0 spiro atoms. The first kappa shape index (κ1) is 11.5. The van der Waals surface area contributed by atoms with E-state index in [1.165, 1.54) is 24.8 Å². The van der Waals surface area contributed by atoms with E-state index in [2.05, 4.69) is 34.6 Å². The molecule has 1 unspecified atom stereocenters. The average Bonchev–Trinajstić information content (AvgIpc) is 2.87. The maximum Gasteiger partial charge on any atom is 0.226 e. The minimum atomic E-state index is 0.513. The molecule has 94 valence electrons. The Labute approximate surface area is 107 Å². The molecule has 2 aromatic rings. The summed E-state index contributed by atoms with van der Waals surface area (Å²) in [5.74, 6) is 0.704. The molecule has 18 heavy (non-hydrogen) atoms. The highest BCUT2D eigenvalue weighted by Crippen LogP contribution is 2.25. The van der Waals surface area contributed by atoms with Gasteiger partial charge in [0.15, 0.2) is 0 Å². The van der Waals surface area contributed by atoms with Crippen LogP contribution in [0.5, 0.6) is 0 Å². The summed E-state index contributed by atoms with van der Waals surface area (Å²) < 4.78 is 5.41. The Morgan fingerprint density at radius 2 is 2.06 bits per heavy atom. The molecule has 0 saturated carbocycles. The highest BCUT2D eigenvalue weighted by atomic mass is 16.3. The van der Waals surface area contributed by atoms with Crippen LogP contribution in [0.2, 0.25) is 0 Å². The highest BCUT2D eigenvalue weighted by Gasteiger charge is 2.14. The number of hydrogen-bond acceptors (Lipinski definition) is 3. The van der Waals surface area contributed by atoms with E-state index in [1.54, 1.807) is 6.26 Å². The van der Waals surface area contributed by atoms with Crippen LogP contribution in [-0.4, -0.2) is 11.5 Å². The van der Waals surface area contributed by atoms with Gasteiger partial charge in [0.2, 0.25) is 5.89 Å². The molecule has 1 aromatic heterocycles. The van der Waals surface area contributed by atoms with Crippen molar-refractivity contribution in [3.05, 3.63) is 41.8 Å². The lowest BCUT2D eigenvalue weighted by Gasteiger charge is -2.23. The first-order valence-electron chi connectivity index (χ1n) is 6.59. The zero-order chi connectivity index (χ0) is 12.4. The minimum absolute atomic E-state index is 0.513. The molecule has 1 saturated heterocycles. The van der Waals surface area contributed by atoms with Gasteiger partial charge in [-0.3, -0.25) is 0 Å². The lowest BCUT2D eigenvalue weighted by Crippen LogP contribution is -2.26. The van der Waals surface area contributed by atoms with Crippen LogP contribution < -0.4 is 5.32 Å². The van der Waals surface area contributed by atoms with Crippen LogP contribution in [0, 0.1) is 6.92 Å². The van der Waals surface area contributed by atoms with Crippen molar-refractivity contribution in [2.24, 2.45) is 0 Å². The lowest BCUT2D eigenvalue weighted by molar-refractivity contribution is 0.412. The summed E-state index contributed by atoms with van der Waals surface area (Å²) in [7, 11) is 0. The summed E-state index contributed by atoms with van der Waals surface area (Å²) >= 11 is 0. The Hall–Kier alpha value is -1.61. The molecule has 1 aliphatic rings. The first-order valence-corrected chi connectivity index (χ1v) is 6.59. The van der Waals surface area contributed by atoms with Crippen molar-refractivity contribution in [2.75, 3.05) is 6.54 Å². The van der Waals surface area contributed by atoms with Gasteiger partial charge in [-0.1, -0.05) is 18.6 Å². The standard InChI is InChI=1S/C15H18N2O/c1-11-10-18-15(17-11)13-7-5-12(6-8-13)14-4-2-3-9-16-14/h5-8,10,14,16H,2-4,9H2,1H3. The first-order chi connectivity index (χ1) is 8.83. The summed E-state index contributed by atoms with van der Waals surface area (Å²) in [6, 6.07) is 9.06. The molecule has 0 aliphatic carbocycles. The van der Waals surface area contributed by atoms with E-state index >= 15 is 0 Å². The molecule has 0 radical (unpaired) electrons. The fourth-order valence-corrected chi connectivity index (χ4v) is 2.48. The maximum atomic E-state index is 5.41. The van der Waals surface area contributed by atoms with Gasteiger partial charge in [-0.2, -0.15) is 0 Å². The Kier molecular flexibility index (Phi) is 3.15. The molecular weight excluding hydrogens is 224 g/mol. The number of nitrogens with one attached hydrogen (secondary N) is 1. The topological polar surface area (TPSA) is 38.1 Å². The number of nitrogens with zero attached hydrogens (tertiary/aromatic N) is 1. The molecule has 1 N–H and O–H groups in total. The molecule has 3 heteroatoms. The zero-order valence-electron chi connectivity index (χ0n) is 10.6. The summed E-state index contributed by atoms with van der Waals surface area (Å²) in [4.78, 5) is 4.34. The van der Waals surface area contributed by atoms with Gasteiger partial charge in [0.25, 0.3) is 0 Å². The highest BCUT2D eigenvalue weighted by molar-refractivity contribution is 5.53. The Balaban J connectivity index is 1.80. The van der Waals surface area contributed by atoms with Crippen molar-refractivity contribution in [1.82, 2.24) is 10.3 Å². The molecular formula is C15H18N2O. The molecule has 3 rings (SSSR count). The van der Waals surface area contributed by atoms with Crippen LogP contribution in [0.4, 0.5) is 0 Å². The average molecular weight is 242 g/mol. The Morgan fingerprint density at radius 3 is 2.67 bits per heavy atom. The molecule has 0 amide bonds. The van der Waals surface area contributed by atoms with E-state index in [0.29, 0.717) is 11.9 Å². The Bertz CT molecular complexity index is 510. The van der Waals surface area contributed by atoms with E-state index in [1.807, 2.05) is 6.92 Å². The number of aryl methyl sites for hydroxylation is 1. The predicted molar refractivity (Wildman–Crippen MR) is 71.3 cm³/mol. The summed E-state index contributed by atoms with van der Waals surface area (Å²) in [6.45, 7) is 3.07. The SMILES string of the molecule is Cc1coc(-c2ccc(C3CCCCN3)cc2)n1. The fraction of sp³-hybridized carbons (Fsp3) is 0.400. The van der Waals surface area contributed by atoms with Crippen molar-refractivity contribution in [3.63, 3.8) is 0 Å². The Morgan fingerprint density at radius 1 is 1.22 bits per heavy atom. The molecule has 2 heterocycles. The van der Waals surface area contributed by atoms with Crippen LogP contribution in [-0.2, 0) is 0 Å². The monoisotopic (exact) mass is 242 g/mol. The van der Waals surface area contributed by atoms with E-state index in [9.17, 15) is 0 Å². The molecule has 1 aliphatic heterocycles. The smallest absolute Gasteiger partial charge is 0.226 e. The molecule has 0 bridgehead atoms. The molecule has 1 fully saturated rings. The predicted octanol–water partition coefficient (Wildman–Crippen LogP) is 3.46. The second-order valence-electron chi connectivity index (χ2n) is 4.92. The van der Waals surface area contributed by atoms with Gasteiger partial charge in [-0.15, -0.1) is 0 Å². The van der Waals surface area contributed by atoms with E-state index in [-0.39, 0.29) is 0 Å². The summed E-state index contributed by atoms with van der Waals surface area (Å²) in [5, 5.41) is 3.56. The largest absolute Gasteiger partial charge is 0.444 e. The third-order valence-electron chi connectivity index (χ3n) is 3.49. The van der Waals surface area contributed by atoms with Gasteiger partial charge >= 0.3 is 0 Å². The second kappa shape index (κ2) is 4.94. The van der Waals surface area contributed by atoms with Crippen LogP contribution in [0.1, 0.15) is 36.6 Å². The number of rotatable bonds is 2. The summed E-state index contributed by atoms with van der Waals surface area (Å²) in [5.41, 5.74) is 3.33. The minimum Gasteiger partial charge on any atom is -0.444 e. The zero-order valence-corrected chi connectivity index (χ0v) is 10.6. The van der Waals surface area contributed by atoms with Crippen LogP contribution in [0.3, 0.4) is 0 Å². The number of aromatic nitrogens is 1. The van der Waals surface area contributed by atoms with Crippen molar-refractivity contribution < 1.29 is 4.42 Å². The van der Waals surface area contributed by atoms with Gasteiger partial charge in [-0.05, 0) is 44.0 Å². The molecule has 1 aromatic carbocycles. The number of benzene rings is 1. The maximum absolute atomic E-state index is 5.41. The van der Waals surface area contributed by atoms with Crippen molar-refractivity contribution >= 4 is 0 Å². The number of hydrogen-bond donors (Lipinski definition) is 1. The number of oxazole rings is 1. The van der Waals surface area contributed by atoms with E-state index in [4.69, 9.17) is 4.42 Å². The second-order valence-corrected chi connectivity index (χ2v) is 4.92. The van der Waals surface area contributed by atoms with Gasteiger partial charge in [-0.25, -0.2) is 4.98 Å². The van der Waals surface area contributed by atoms with E-state index in [0.717, 1.165) is 17.8 Å². The van der Waals surface area contributed by atoms with Crippen molar-refractivity contribution in [3.8, 4) is 11.5 Å². The van der Waals surface area contributed by atoms with Gasteiger partial charge in [0.05, 0.1) is 5.69 Å². The van der Waals surface area contributed by atoms with Crippen LogP contribution in [0.15, 0.2) is 34.9 Å². The van der Waals surface area contributed by atoms with Crippen molar-refractivity contribution in [1.29, 1.82) is 0 Å². The molecule has 3 nitrogen and oxygen atoms in total. The fourth-order valence-electron chi connectivity index (χ4n) is 2.48. The van der Waals surface area contributed by atoms with Gasteiger partial charge < -0.3 is 9.73 Å². The van der Waals surface area contributed by atoms with Crippen LogP contribution >= 0.6 is 0 Å². The quantitative estimate of drug-likeness (QED) is 0.876. The van der Waals surface area contributed by atoms with Crippen LogP contribution in [0.25, 0.3) is 11.5 Å². The van der Waals surface area contributed by atoms with Crippen molar-refractivity contribution in [2.45, 2.75) is 32.2 Å². The van der Waals surface area contributed by atoms with Gasteiger partial charge in [0, 0.05) is 11.6 Å². The summed E-state index contributed by atoms with van der Waals surface area (Å²) in [6.07, 6.45) is 5.53. The third-order valence-corrected chi connectivity index (χ3v) is 3.49.